The van der Waals surface area contributed by atoms with Crippen molar-refractivity contribution in [2.45, 2.75) is 13.8 Å². The van der Waals surface area contributed by atoms with Gasteiger partial charge in [0, 0.05) is 28.2 Å². The minimum absolute atomic E-state index is 0.176. The average Bonchev–Trinajstić information content (AvgIpc) is 2.96. The van der Waals surface area contributed by atoms with Crippen molar-refractivity contribution in [2.24, 2.45) is 0 Å². The van der Waals surface area contributed by atoms with Crippen molar-refractivity contribution in [3.8, 4) is 0 Å². The standard InChI is InChI=1S/C36H29NO2/c1-26-8-12-28(13-9-26)14-18-30-24-36(39)31(25-35(30)38)19-15-29-16-22-34(23-17-29)37(32-6-4-3-5-7-32)33-20-10-27(2)11-21-33/h3-25H,1-2H3. The second-order valence-electron chi connectivity index (χ2n) is 9.60. The van der Waals surface area contributed by atoms with Crippen LogP contribution in [0.3, 0.4) is 0 Å². The van der Waals surface area contributed by atoms with Crippen molar-refractivity contribution in [3.05, 3.63) is 161 Å². The predicted molar refractivity (Wildman–Crippen MR) is 161 cm³/mol. The second-order valence-corrected chi connectivity index (χ2v) is 9.60. The van der Waals surface area contributed by atoms with E-state index in [1.54, 1.807) is 12.2 Å². The van der Waals surface area contributed by atoms with Crippen LogP contribution in [0.15, 0.2) is 139 Å². The van der Waals surface area contributed by atoms with Crippen molar-refractivity contribution in [3.63, 3.8) is 0 Å². The number of rotatable bonds is 7. The van der Waals surface area contributed by atoms with Gasteiger partial charge < -0.3 is 4.90 Å². The van der Waals surface area contributed by atoms with E-state index in [0.29, 0.717) is 11.1 Å². The molecule has 0 N–H and O–H groups in total. The van der Waals surface area contributed by atoms with E-state index in [4.69, 9.17) is 0 Å². The summed E-state index contributed by atoms with van der Waals surface area (Å²) in [5, 5.41) is 0. The van der Waals surface area contributed by atoms with Crippen LogP contribution in [0.5, 0.6) is 0 Å². The van der Waals surface area contributed by atoms with Gasteiger partial charge in [-0.1, -0.05) is 102 Å². The molecule has 0 saturated carbocycles. The molecule has 4 aromatic carbocycles. The summed E-state index contributed by atoms with van der Waals surface area (Å²) in [5.41, 5.74) is 8.23. The van der Waals surface area contributed by atoms with Crippen LogP contribution in [0.4, 0.5) is 17.1 Å². The molecule has 3 heteroatoms. The number of benzene rings is 4. The number of carbonyl (C=O) groups is 2. The van der Waals surface area contributed by atoms with Gasteiger partial charge in [0.2, 0.25) is 0 Å². The lowest BCUT2D eigenvalue weighted by Gasteiger charge is -2.25. The number of aryl methyl sites for hydroxylation is 2. The monoisotopic (exact) mass is 507 g/mol. The largest absolute Gasteiger partial charge is 0.311 e. The Morgan fingerprint density at radius 2 is 0.846 bits per heavy atom. The molecular formula is C36H29NO2. The Morgan fingerprint density at radius 3 is 1.33 bits per heavy atom. The molecule has 1 aliphatic carbocycles. The summed E-state index contributed by atoms with van der Waals surface area (Å²) in [6.07, 6.45) is 9.95. The van der Waals surface area contributed by atoms with Crippen LogP contribution < -0.4 is 4.90 Å². The van der Waals surface area contributed by atoms with Crippen LogP contribution in [0.25, 0.3) is 12.2 Å². The molecule has 0 spiro atoms. The zero-order valence-electron chi connectivity index (χ0n) is 22.0. The molecule has 4 aromatic rings. The molecule has 0 aliphatic heterocycles. The van der Waals surface area contributed by atoms with Gasteiger partial charge in [-0.05, 0) is 73.5 Å². The molecule has 0 bridgehead atoms. The highest BCUT2D eigenvalue weighted by Crippen LogP contribution is 2.34. The van der Waals surface area contributed by atoms with Crippen molar-refractivity contribution in [1.82, 2.24) is 0 Å². The minimum Gasteiger partial charge on any atom is -0.311 e. The molecule has 39 heavy (non-hydrogen) atoms. The van der Waals surface area contributed by atoms with Gasteiger partial charge in [-0.15, -0.1) is 0 Å². The average molecular weight is 508 g/mol. The highest BCUT2D eigenvalue weighted by Gasteiger charge is 2.17. The molecule has 0 atom stereocenters. The summed E-state index contributed by atoms with van der Waals surface area (Å²) in [4.78, 5) is 27.6. The quantitative estimate of drug-likeness (QED) is 0.235. The fraction of sp³-hybridized carbons (Fsp3) is 0.0556. The third-order valence-electron chi connectivity index (χ3n) is 6.59. The Morgan fingerprint density at radius 1 is 0.462 bits per heavy atom. The number of ketones is 2. The van der Waals surface area contributed by atoms with E-state index < -0.39 is 0 Å². The van der Waals surface area contributed by atoms with Gasteiger partial charge in [-0.25, -0.2) is 0 Å². The number of anilines is 3. The summed E-state index contributed by atoms with van der Waals surface area (Å²) in [5.74, 6) is -0.356. The Balaban J connectivity index is 1.32. The fourth-order valence-corrected chi connectivity index (χ4v) is 4.35. The van der Waals surface area contributed by atoms with E-state index in [9.17, 15) is 9.59 Å². The van der Waals surface area contributed by atoms with Crippen molar-refractivity contribution in [1.29, 1.82) is 0 Å². The van der Waals surface area contributed by atoms with Crippen molar-refractivity contribution >= 4 is 40.8 Å². The zero-order valence-corrected chi connectivity index (χ0v) is 22.0. The van der Waals surface area contributed by atoms with Crippen LogP contribution in [-0.2, 0) is 9.59 Å². The Hall–Kier alpha value is -5.02. The number of allylic oxidation sites excluding steroid dienone is 6. The van der Waals surface area contributed by atoms with Crippen LogP contribution >= 0.6 is 0 Å². The minimum atomic E-state index is -0.180. The lowest BCUT2D eigenvalue weighted by molar-refractivity contribution is -0.114. The van der Waals surface area contributed by atoms with Crippen LogP contribution in [0.1, 0.15) is 22.3 Å². The van der Waals surface area contributed by atoms with Crippen LogP contribution in [-0.4, -0.2) is 11.6 Å². The van der Waals surface area contributed by atoms with E-state index in [1.807, 2.05) is 73.7 Å². The van der Waals surface area contributed by atoms with Crippen LogP contribution in [0.2, 0.25) is 0 Å². The number of hydrogen-bond acceptors (Lipinski definition) is 3. The first-order chi connectivity index (χ1) is 19.0. The highest BCUT2D eigenvalue weighted by atomic mass is 16.1. The normalized spacial score (nSPS) is 13.6. The zero-order chi connectivity index (χ0) is 27.2. The molecular weight excluding hydrogens is 478 g/mol. The maximum Gasteiger partial charge on any atom is 0.186 e. The maximum atomic E-state index is 12.7. The molecule has 0 heterocycles. The van der Waals surface area contributed by atoms with Gasteiger partial charge in [0.25, 0.3) is 0 Å². The Kier molecular flexibility index (Phi) is 7.60. The van der Waals surface area contributed by atoms with Gasteiger partial charge >= 0.3 is 0 Å². The summed E-state index contributed by atoms with van der Waals surface area (Å²) in [6.45, 7) is 4.11. The van der Waals surface area contributed by atoms with Gasteiger partial charge in [0.1, 0.15) is 0 Å². The molecule has 3 nitrogen and oxygen atoms in total. The second kappa shape index (κ2) is 11.6. The van der Waals surface area contributed by atoms with E-state index in [2.05, 4.69) is 60.4 Å². The van der Waals surface area contributed by atoms with E-state index in [1.165, 1.54) is 23.3 Å². The summed E-state index contributed by atoms with van der Waals surface area (Å²) in [6, 6.07) is 34.8. The molecule has 5 rings (SSSR count). The Bertz CT molecular complexity index is 1600. The number of nitrogens with zero attached hydrogens (tertiary/aromatic N) is 1. The van der Waals surface area contributed by atoms with Gasteiger partial charge in [-0.2, -0.15) is 0 Å². The molecule has 0 saturated heterocycles. The molecule has 0 radical (unpaired) electrons. The summed E-state index contributed by atoms with van der Waals surface area (Å²) < 4.78 is 0. The molecule has 0 amide bonds. The Labute approximate surface area is 229 Å². The van der Waals surface area contributed by atoms with E-state index in [0.717, 1.165) is 28.2 Å². The van der Waals surface area contributed by atoms with Gasteiger partial charge in [0.05, 0.1) is 0 Å². The van der Waals surface area contributed by atoms with E-state index >= 15 is 0 Å². The SMILES string of the molecule is Cc1ccc(C=CC2=CC(=O)C(C=Cc3ccc(N(c4ccccc4)c4ccc(C)cc4)cc3)=CC2=O)cc1. The first kappa shape index (κ1) is 25.6. The predicted octanol–water partition coefficient (Wildman–Crippen LogP) is 8.50. The summed E-state index contributed by atoms with van der Waals surface area (Å²) in [7, 11) is 0. The molecule has 190 valence electrons. The van der Waals surface area contributed by atoms with Crippen molar-refractivity contribution in [2.75, 3.05) is 4.90 Å². The molecule has 1 aliphatic rings. The third-order valence-corrected chi connectivity index (χ3v) is 6.59. The number of para-hydroxylation sites is 1. The highest BCUT2D eigenvalue weighted by molar-refractivity contribution is 6.22. The van der Waals surface area contributed by atoms with Crippen molar-refractivity contribution < 1.29 is 9.59 Å². The lowest BCUT2D eigenvalue weighted by Crippen LogP contribution is -2.10. The van der Waals surface area contributed by atoms with Gasteiger partial charge in [-0.3, -0.25) is 9.59 Å². The first-order valence-electron chi connectivity index (χ1n) is 12.9. The van der Waals surface area contributed by atoms with Crippen LogP contribution in [0, 0.1) is 13.8 Å². The van der Waals surface area contributed by atoms with Gasteiger partial charge in [0.15, 0.2) is 11.6 Å². The first-order valence-corrected chi connectivity index (χ1v) is 12.9. The molecule has 0 unspecified atom stereocenters. The maximum absolute atomic E-state index is 12.7. The van der Waals surface area contributed by atoms with E-state index in [-0.39, 0.29) is 11.6 Å². The lowest BCUT2D eigenvalue weighted by atomic mass is 9.95. The topological polar surface area (TPSA) is 37.4 Å². The fourth-order valence-electron chi connectivity index (χ4n) is 4.35. The smallest absolute Gasteiger partial charge is 0.186 e. The molecule has 0 aromatic heterocycles. The number of carbonyl (C=O) groups excluding carboxylic acids is 2. The molecule has 0 fully saturated rings. The summed E-state index contributed by atoms with van der Waals surface area (Å²) >= 11 is 0. The number of hydrogen-bond donors (Lipinski definition) is 0. The third kappa shape index (κ3) is 6.28.